The Morgan fingerprint density at radius 3 is 2.75 bits per heavy atom. The van der Waals surface area contributed by atoms with Crippen molar-refractivity contribution in [1.82, 2.24) is 24.9 Å². The van der Waals surface area contributed by atoms with Crippen LogP contribution in [0.1, 0.15) is 11.4 Å². The summed E-state index contributed by atoms with van der Waals surface area (Å²) in [6.07, 6.45) is 3.49. The lowest BCUT2D eigenvalue weighted by Gasteiger charge is -2.10. The van der Waals surface area contributed by atoms with Gasteiger partial charge >= 0.3 is 5.97 Å². The smallest absolute Gasteiger partial charge is 0.322 e. The molecule has 0 aromatic carbocycles. The molecule has 4 heterocycles. The summed E-state index contributed by atoms with van der Waals surface area (Å²) in [5, 5.41) is 12.6. The second-order valence-electron chi connectivity index (χ2n) is 6.39. The third-order valence-corrected chi connectivity index (χ3v) is 4.35. The van der Waals surface area contributed by atoms with Crippen molar-refractivity contribution in [1.29, 1.82) is 0 Å². The zero-order valence-electron chi connectivity index (χ0n) is 15.4. The summed E-state index contributed by atoms with van der Waals surface area (Å²) >= 11 is 0. The van der Waals surface area contributed by atoms with Crippen LogP contribution in [0.3, 0.4) is 0 Å². The van der Waals surface area contributed by atoms with E-state index in [9.17, 15) is 4.79 Å². The van der Waals surface area contributed by atoms with Gasteiger partial charge in [-0.1, -0.05) is 0 Å². The van der Waals surface area contributed by atoms with Crippen LogP contribution in [0, 0.1) is 13.8 Å². The second-order valence-corrected chi connectivity index (χ2v) is 6.39. The van der Waals surface area contributed by atoms with Crippen molar-refractivity contribution >= 4 is 22.8 Å². The monoisotopic (exact) mass is 374 g/mol. The first kappa shape index (κ1) is 17.6. The van der Waals surface area contributed by atoms with E-state index in [2.05, 4.69) is 25.3 Å². The fourth-order valence-electron chi connectivity index (χ4n) is 3.08. The van der Waals surface area contributed by atoms with E-state index in [0.717, 1.165) is 33.6 Å². The summed E-state index contributed by atoms with van der Waals surface area (Å²) in [6.45, 7) is 3.68. The third-order valence-electron chi connectivity index (χ3n) is 4.35. The van der Waals surface area contributed by atoms with E-state index in [1.54, 1.807) is 18.5 Å². The maximum absolute atomic E-state index is 10.9. The third kappa shape index (κ3) is 3.39. The normalized spacial score (nSPS) is 10.9. The highest BCUT2D eigenvalue weighted by molar-refractivity contribution is 5.93. The Hall–Kier alpha value is -3.81. The van der Waals surface area contributed by atoms with Crippen molar-refractivity contribution in [2.45, 2.75) is 13.8 Å². The van der Waals surface area contributed by atoms with E-state index in [-0.39, 0.29) is 6.54 Å². The lowest BCUT2D eigenvalue weighted by atomic mass is 10.1. The van der Waals surface area contributed by atoms with Gasteiger partial charge < -0.3 is 15.4 Å². The zero-order valence-corrected chi connectivity index (χ0v) is 15.4. The Kier molecular flexibility index (Phi) is 4.44. The van der Waals surface area contributed by atoms with E-state index in [0.29, 0.717) is 17.3 Å². The van der Waals surface area contributed by atoms with Crippen LogP contribution in [0.5, 0.6) is 0 Å². The molecular formula is C20H18N6O2. The van der Waals surface area contributed by atoms with E-state index in [1.165, 1.54) is 0 Å². The van der Waals surface area contributed by atoms with Crippen molar-refractivity contribution in [2.75, 3.05) is 11.9 Å². The van der Waals surface area contributed by atoms with Gasteiger partial charge in [0.15, 0.2) is 5.82 Å². The van der Waals surface area contributed by atoms with E-state index < -0.39 is 5.97 Å². The summed E-state index contributed by atoms with van der Waals surface area (Å²) in [5.41, 5.74) is 4.96. The van der Waals surface area contributed by atoms with Crippen LogP contribution in [0.2, 0.25) is 0 Å². The number of hydrogen-bond acceptors (Lipinski definition) is 6. The number of hydrogen-bond donors (Lipinski definition) is 3. The van der Waals surface area contributed by atoms with Gasteiger partial charge in [0.05, 0.1) is 5.69 Å². The molecule has 0 amide bonds. The van der Waals surface area contributed by atoms with Crippen molar-refractivity contribution in [3.05, 3.63) is 54.1 Å². The number of pyridine rings is 2. The van der Waals surface area contributed by atoms with E-state index in [4.69, 9.17) is 10.1 Å². The quantitative estimate of drug-likeness (QED) is 0.491. The van der Waals surface area contributed by atoms with Crippen LogP contribution in [-0.2, 0) is 4.79 Å². The maximum Gasteiger partial charge on any atom is 0.322 e. The summed E-state index contributed by atoms with van der Waals surface area (Å²) in [5.74, 6) is 0.00733. The van der Waals surface area contributed by atoms with Crippen molar-refractivity contribution in [3.63, 3.8) is 0 Å². The number of aromatic nitrogens is 5. The highest BCUT2D eigenvalue weighted by atomic mass is 16.4. The predicted octanol–water partition coefficient (Wildman–Crippen LogP) is 3.20. The summed E-state index contributed by atoms with van der Waals surface area (Å²) in [6, 6.07) is 9.46. The predicted molar refractivity (Wildman–Crippen MR) is 106 cm³/mol. The lowest BCUT2D eigenvalue weighted by molar-refractivity contribution is -0.134. The molecule has 4 aromatic rings. The van der Waals surface area contributed by atoms with Crippen molar-refractivity contribution in [3.8, 4) is 22.6 Å². The summed E-state index contributed by atoms with van der Waals surface area (Å²) < 4.78 is 0. The minimum Gasteiger partial charge on any atom is -0.480 e. The molecule has 0 unspecified atom stereocenters. The molecule has 0 spiro atoms. The molecule has 0 aliphatic carbocycles. The molecule has 0 fully saturated rings. The van der Waals surface area contributed by atoms with E-state index >= 15 is 0 Å². The SMILES string of the molecule is Cc1ccc(-c2ccnc(-c3cc(NCC(=O)O)nc4[nH]ccc34)n2)c(C)n1. The molecule has 8 nitrogen and oxygen atoms in total. The van der Waals surface area contributed by atoms with Crippen LogP contribution in [0.15, 0.2) is 42.7 Å². The van der Waals surface area contributed by atoms with Gasteiger partial charge in [0.25, 0.3) is 0 Å². The molecular weight excluding hydrogens is 356 g/mol. The maximum atomic E-state index is 10.9. The van der Waals surface area contributed by atoms with Gasteiger partial charge in [-0.25, -0.2) is 15.0 Å². The Labute approximate surface area is 160 Å². The Bertz CT molecular complexity index is 1180. The highest BCUT2D eigenvalue weighted by Crippen LogP contribution is 2.29. The van der Waals surface area contributed by atoms with Gasteiger partial charge in [-0.15, -0.1) is 0 Å². The molecule has 0 radical (unpaired) electrons. The number of carboxylic acid groups (broad SMARTS) is 1. The van der Waals surface area contributed by atoms with Gasteiger partial charge in [-0.2, -0.15) is 0 Å². The number of carbonyl (C=O) groups is 1. The first-order valence-electron chi connectivity index (χ1n) is 8.73. The molecule has 0 saturated carbocycles. The van der Waals surface area contributed by atoms with Crippen LogP contribution >= 0.6 is 0 Å². The van der Waals surface area contributed by atoms with Crippen molar-refractivity contribution < 1.29 is 9.90 Å². The van der Waals surface area contributed by atoms with Crippen molar-refractivity contribution in [2.24, 2.45) is 0 Å². The fourth-order valence-corrected chi connectivity index (χ4v) is 3.08. The molecule has 0 saturated heterocycles. The molecule has 0 aliphatic rings. The number of nitrogens with zero attached hydrogens (tertiary/aromatic N) is 4. The number of nitrogens with one attached hydrogen (secondary N) is 2. The summed E-state index contributed by atoms with van der Waals surface area (Å²) in [4.78, 5) is 32.0. The number of rotatable bonds is 5. The van der Waals surface area contributed by atoms with E-state index in [1.807, 2.05) is 38.1 Å². The number of aromatic amines is 1. The molecule has 0 bridgehead atoms. The minimum absolute atomic E-state index is 0.228. The first-order valence-corrected chi connectivity index (χ1v) is 8.73. The number of anilines is 1. The Morgan fingerprint density at radius 1 is 1.11 bits per heavy atom. The lowest BCUT2D eigenvalue weighted by Crippen LogP contribution is -2.13. The van der Waals surface area contributed by atoms with Crippen LogP contribution in [-0.4, -0.2) is 42.5 Å². The number of aryl methyl sites for hydroxylation is 2. The molecule has 4 aromatic heterocycles. The van der Waals surface area contributed by atoms with Gasteiger partial charge in [0.1, 0.15) is 18.0 Å². The molecule has 4 rings (SSSR count). The minimum atomic E-state index is -0.962. The average molecular weight is 374 g/mol. The largest absolute Gasteiger partial charge is 0.480 e. The number of H-pyrrole nitrogens is 1. The average Bonchev–Trinajstić information content (AvgIpc) is 3.14. The molecule has 8 heteroatoms. The Balaban J connectivity index is 1.81. The van der Waals surface area contributed by atoms with Gasteiger partial charge in [-0.3, -0.25) is 9.78 Å². The zero-order chi connectivity index (χ0) is 19.7. The molecule has 140 valence electrons. The standard InChI is InChI=1S/C20H18N6O2/c1-11-3-4-13(12(2)24-11)16-6-8-22-20(25-16)15-9-17(23-10-18(27)28)26-19-14(15)5-7-21-19/h3-9H,10H2,1-2H3,(H,27,28)(H2,21,23,26). The van der Waals surface area contributed by atoms with Gasteiger partial charge in [-0.05, 0) is 44.2 Å². The molecule has 0 atom stereocenters. The fraction of sp³-hybridized carbons (Fsp3) is 0.150. The van der Waals surface area contributed by atoms with Gasteiger partial charge in [0.2, 0.25) is 0 Å². The highest BCUT2D eigenvalue weighted by Gasteiger charge is 2.14. The topological polar surface area (TPSA) is 117 Å². The van der Waals surface area contributed by atoms with Crippen LogP contribution in [0.4, 0.5) is 5.82 Å². The number of aliphatic carboxylic acids is 1. The Morgan fingerprint density at radius 2 is 1.96 bits per heavy atom. The number of fused-ring (bicyclic) bond motifs is 1. The summed E-state index contributed by atoms with van der Waals surface area (Å²) in [7, 11) is 0. The van der Waals surface area contributed by atoms with Gasteiger partial charge in [0, 0.05) is 40.3 Å². The van der Waals surface area contributed by atoms with Crippen LogP contribution in [0.25, 0.3) is 33.7 Å². The first-order chi connectivity index (χ1) is 13.5. The molecule has 0 aliphatic heterocycles. The second kappa shape index (κ2) is 7.07. The molecule has 3 N–H and O–H groups in total. The van der Waals surface area contributed by atoms with Crippen LogP contribution < -0.4 is 5.32 Å². The number of carboxylic acids is 1. The molecule has 28 heavy (non-hydrogen) atoms.